The molecule has 2 aromatic heterocycles. The van der Waals surface area contributed by atoms with Gasteiger partial charge >= 0.3 is 6.18 Å². The van der Waals surface area contributed by atoms with Crippen LogP contribution >= 0.6 is 0 Å². The SMILES string of the molecule is Cc1[nH]c(C=C2C(=O)NN=C2c2cnccn2)c(C(F)(F)F)c1CCN. The first-order valence-corrected chi connectivity index (χ1v) is 7.68. The van der Waals surface area contributed by atoms with Crippen molar-refractivity contribution >= 4 is 17.7 Å². The Morgan fingerprint density at radius 2 is 2.08 bits per heavy atom. The maximum Gasteiger partial charge on any atom is 0.418 e. The lowest BCUT2D eigenvalue weighted by molar-refractivity contribution is -0.138. The number of hydrazone groups is 1. The summed E-state index contributed by atoms with van der Waals surface area (Å²) < 4.78 is 40.8. The highest BCUT2D eigenvalue weighted by Gasteiger charge is 2.38. The summed E-state index contributed by atoms with van der Waals surface area (Å²) in [5.74, 6) is -0.619. The number of aryl methyl sites for hydroxylation is 1. The Morgan fingerprint density at radius 1 is 1.31 bits per heavy atom. The first kappa shape index (κ1) is 17.8. The number of nitrogens with zero attached hydrogens (tertiary/aromatic N) is 3. The monoisotopic (exact) mass is 364 g/mol. The molecule has 3 rings (SSSR count). The molecule has 0 bridgehead atoms. The summed E-state index contributed by atoms with van der Waals surface area (Å²) in [4.78, 5) is 22.7. The third kappa shape index (κ3) is 3.23. The Kier molecular flexibility index (Phi) is 4.60. The fraction of sp³-hybridized carbons (Fsp3) is 0.250. The molecule has 2 aromatic rings. The number of H-pyrrole nitrogens is 1. The van der Waals surface area contributed by atoms with E-state index >= 15 is 0 Å². The number of rotatable bonds is 4. The standard InChI is InChI=1S/C16H15F3N6O/c1-8-9(2-3-20)13(16(17,18)19)11(23-8)6-10-14(24-25-15(10)26)12-7-21-4-5-22-12/h4-7,23H,2-3,20H2,1H3,(H,25,26). The Morgan fingerprint density at radius 3 is 2.69 bits per heavy atom. The highest BCUT2D eigenvalue weighted by molar-refractivity contribution is 6.32. The van der Waals surface area contributed by atoms with Gasteiger partial charge in [0.05, 0.1) is 23.0 Å². The summed E-state index contributed by atoms with van der Waals surface area (Å²) in [6, 6.07) is 0. The third-order valence-electron chi connectivity index (χ3n) is 3.89. The van der Waals surface area contributed by atoms with Crippen LogP contribution in [0.2, 0.25) is 0 Å². The summed E-state index contributed by atoms with van der Waals surface area (Å²) in [6.45, 7) is 1.61. The number of hydrogen-bond donors (Lipinski definition) is 3. The molecule has 0 unspecified atom stereocenters. The van der Waals surface area contributed by atoms with Crippen molar-refractivity contribution in [2.24, 2.45) is 10.8 Å². The summed E-state index contributed by atoms with van der Waals surface area (Å²) in [7, 11) is 0. The van der Waals surface area contributed by atoms with Gasteiger partial charge in [-0.1, -0.05) is 0 Å². The molecule has 26 heavy (non-hydrogen) atoms. The predicted molar refractivity (Wildman–Crippen MR) is 88.0 cm³/mol. The lowest BCUT2D eigenvalue weighted by Gasteiger charge is -2.10. The number of aromatic nitrogens is 3. The zero-order valence-electron chi connectivity index (χ0n) is 13.7. The van der Waals surface area contributed by atoms with Gasteiger partial charge in [-0.3, -0.25) is 14.8 Å². The second kappa shape index (κ2) is 6.71. The van der Waals surface area contributed by atoms with E-state index in [-0.39, 0.29) is 41.2 Å². The number of nitrogens with two attached hydrogens (primary N) is 1. The molecule has 0 aromatic carbocycles. The van der Waals surface area contributed by atoms with Gasteiger partial charge in [-0.05, 0) is 31.5 Å². The average molecular weight is 364 g/mol. The molecule has 0 saturated heterocycles. The molecule has 4 N–H and O–H groups in total. The number of aromatic amines is 1. The van der Waals surface area contributed by atoms with Crippen LogP contribution in [0.3, 0.4) is 0 Å². The molecule has 0 aliphatic carbocycles. The van der Waals surface area contributed by atoms with Gasteiger partial charge in [0.2, 0.25) is 0 Å². The van der Waals surface area contributed by atoms with Crippen LogP contribution in [0.4, 0.5) is 13.2 Å². The van der Waals surface area contributed by atoms with Crippen LogP contribution in [0.1, 0.15) is 28.2 Å². The fourth-order valence-electron chi connectivity index (χ4n) is 2.81. The zero-order valence-corrected chi connectivity index (χ0v) is 13.7. The summed E-state index contributed by atoms with van der Waals surface area (Å²) in [5, 5.41) is 3.85. The van der Waals surface area contributed by atoms with Crippen LogP contribution < -0.4 is 11.2 Å². The highest BCUT2D eigenvalue weighted by atomic mass is 19.4. The van der Waals surface area contributed by atoms with Gasteiger partial charge in [0.1, 0.15) is 11.4 Å². The molecule has 0 saturated carbocycles. The minimum atomic E-state index is -4.60. The molecule has 7 nitrogen and oxygen atoms in total. The molecule has 0 atom stereocenters. The normalized spacial score (nSPS) is 16.1. The van der Waals surface area contributed by atoms with Crippen molar-refractivity contribution in [3.8, 4) is 0 Å². The van der Waals surface area contributed by atoms with E-state index < -0.39 is 17.6 Å². The highest BCUT2D eigenvalue weighted by Crippen LogP contribution is 2.37. The van der Waals surface area contributed by atoms with Crippen molar-refractivity contribution in [2.45, 2.75) is 19.5 Å². The number of nitrogens with one attached hydrogen (secondary N) is 2. The van der Waals surface area contributed by atoms with Crippen molar-refractivity contribution < 1.29 is 18.0 Å². The number of carbonyl (C=O) groups excluding carboxylic acids is 1. The summed E-state index contributed by atoms with van der Waals surface area (Å²) in [6.07, 6.45) is 0.811. The van der Waals surface area contributed by atoms with Crippen molar-refractivity contribution in [1.29, 1.82) is 0 Å². The first-order valence-electron chi connectivity index (χ1n) is 7.68. The van der Waals surface area contributed by atoms with Crippen molar-refractivity contribution in [1.82, 2.24) is 20.4 Å². The molecular formula is C16H15F3N6O. The van der Waals surface area contributed by atoms with Crippen molar-refractivity contribution in [3.63, 3.8) is 0 Å². The second-order valence-corrected chi connectivity index (χ2v) is 5.60. The predicted octanol–water partition coefficient (Wildman–Crippen LogP) is 1.55. The van der Waals surface area contributed by atoms with E-state index in [1.54, 1.807) is 0 Å². The maximum absolute atomic E-state index is 13.6. The fourth-order valence-corrected chi connectivity index (χ4v) is 2.81. The molecule has 3 heterocycles. The van der Waals surface area contributed by atoms with E-state index in [1.807, 2.05) is 0 Å². The molecule has 1 aliphatic rings. The lowest BCUT2D eigenvalue weighted by atomic mass is 10.0. The van der Waals surface area contributed by atoms with Crippen LogP contribution in [-0.2, 0) is 17.4 Å². The van der Waals surface area contributed by atoms with E-state index in [1.165, 1.54) is 25.5 Å². The summed E-state index contributed by atoms with van der Waals surface area (Å²) in [5.41, 5.74) is 7.44. The number of hydrogen-bond acceptors (Lipinski definition) is 5. The topological polar surface area (TPSA) is 109 Å². The number of amides is 1. The van der Waals surface area contributed by atoms with E-state index in [9.17, 15) is 18.0 Å². The average Bonchev–Trinajstić information content (AvgIpc) is 3.10. The van der Waals surface area contributed by atoms with Gasteiger partial charge in [0.15, 0.2) is 0 Å². The van der Waals surface area contributed by atoms with Crippen LogP contribution in [0.15, 0.2) is 29.3 Å². The Hall–Kier alpha value is -3.01. The second-order valence-electron chi connectivity index (χ2n) is 5.60. The molecule has 1 amide bonds. The maximum atomic E-state index is 13.6. The van der Waals surface area contributed by atoms with Crippen LogP contribution in [0.25, 0.3) is 6.08 Å². The van der Waals surface area contributed by atoms with Gasteiger partial charge < -0.3 is 10.7 Å². The van der Waals surface area contributed by atoms with Gasteiger partial charge in [0, 0.05) is 18.1 Å². The van der Waals surface area contributed by atoms with Gasteiger partial charge in [0.25, 0.3) is 5.91 Å². The number of halogens is 3. The van der Waals surface area contributed by atoms with Crippen LogP contribution in [0, 0.1) is 6.92 Å². The van der Waals surface area contributed by atoms with Crippen LogP contribution in [0.5, 0.6) is 0 Å². The van der Waals surface area contributed by atoms with E-state index in [0.29, 0.717) is 5.69 Å². The quantitative estimate of drug-likeness (QED) is 0.715. The number of alkyl halides is 3. The van der Waals surface area contributed by atoms with Gasteiger partial charge in [-0.15, -0.1) is 0 Å². The number of carbonyl (C=O) groups is 1. The Balaban J connectivity index is 2.13. The minimum Gasteiger partial charge on any atom is -0.358 e. The first-order chi connectivity index (χ1) is 12.3. The molecule has 0 fully saturated rings. The van der Waals surface area contributed by atoms with E-state index in [0.717, 1.165) is 6.08 Å². The molecule has 10 heteroatoms. The van der Waals surface area contributed by atoms with Crippen molar-refractivity contribution in [2.75, 3.05) is 6.54 Å². The molecule has 1 aliphatic heterocycles. The third-order valence-corrected chi connectivity index (χ3v) is 3.89. The largest absolute Gasteiger partial charge is 0.418 e. The Bertz CT molecular complexity index is 899. The van der Waals surface area contributed by atoms with E-state index in [2.05, 4.69) is 25.5 Å². The smallest absolute Gasteiger partial charge is 0.358 e. The molecule has 136 valence electrons. The minimum absolute atomic E-state index is 0.0310. The van der Waals surface area contributed by atoms with Gasteiger partial charge in [-0.25, -0.2) is 5.43 Å². The van der Waals surface area contributed by atoms with Gasteiger partial charge in [-0.2, -0.15) is 18.3 Å². The zero-order chi connectivity index (χ0) is 18.9. The molecular weight excluding hydrogens is 349 g/mol. The molecule has 0 radical (unpaired) electrons. The molecule has 0 spiro atoms. The van der Waals surface area contributed by atoms with E-state index in [4.69, 9.17) is 5.73 Å². The van der Waals surface area contributed by atoms with Crippen molar-refractivity contribution in [3.05, 3.63) is 52.4 Å². The van der Waals surface area contributed by atoms with Crippen LogP contribution in [-0.4, -0.2) is 33.1 Å². The lowest BCUT2D eigenvalue weighted by Crippen LogP contribution is -2.15. The summed E-state index contributed by atoms with van der Waals surface area (Å²) >= 11 is 0. The Labute approximate surface area is 146 Å².